The van der Waals surface area contributed by atoms with Crippen molar-refractivity contribution in [3.8, 4) is 11.1 Å². The molecular formula is C22H19FN6O3S. The van der Waals surface area contributed by atoms with Gasteiger partial charge in [0, 0.05) is 18.3 Å². The monoisotopic (exact) mass is 466 g/mol. The number of hydrogen-bond acceptors (Lipinski definition) is 7. The number of nitrogens with zero attached hydrogens (tertiary/aromatic N) is 3. The molecule has 0 atom stereocenters. The molecule has 3 aromatic heterocycles. The van der Waals surface area contributed by atoms with E-state index in [2.05, 4.69) is 20.7 Å². The van der Waals surface area contributed by atoms with Gasteiger partial charge in [0.2, 0.25) is 5.95 Å². The van der Waals surface area contributed by atoms with Gasteiger partial charge < -0.3 is 21.1 Å². The number of pyridine rings is 1. The molecule has 4 aromatic rings. The Bertz CT molecular complexity index is 1350. The zero-order valence-electron chi connectivity index (χ0n) is 17.2. The molecule has 1 fully saturated rings. The fourth-order valence-electron chi connectivity index (χ4n) is 3.39. The number of fused-ring (bicyclic) bond motifs is 1. The van der Waals surface area contributed by atoms with E-state index in [1.54, 1.807) is 30.5 Å². The molecule has 2 amide bonds. The van der Waals surface area contributed by atoms with Crippen molar-refractivity contribution in [3.05, 3.63) is 69.8 Å². The summed E-state index contributed by atoms with van der Waals surface area (Å²) in [6.45, 7) is 1.22. The van der Waals surface area contributed by atoms with Crippen LogP contribution in [0.5, 0.6) is 0 Å². The Labute approximate surface area is 191 Å². The first-order valence-electron chi connectivity index (χ1n) is 10.1. The van der Waals surface area contributed by atoms with E-state index in [0.29, 0.717) is 34.9 Å². The number of aromatic nitrogens is 3. The maximum atomic E-state index is 13.0. The molecule has 168 valence electrons. The van der Waals surface area contributed by atoms with Gasteiger partial charge in [-0.1, -0.05) is 12.1 Å². The molecule has 0 saturated carbocycles. The van der Waals surface area contributed by atoms with E-state index < -0.39 is 0 Å². The highest BCUT2D eigenvalue weighted by Crippen LogP contribution is 2.28. The summed E-state index contributed by atoms with van der Waals surface area (Å²) in [6, 6.07) is 9.36. The molecule has 1 saturated heterocycles. The zero-order chi connectivity index (χ0) is 22.9. The fraction of sp³-hybridized carbons (Fsp3) is 0.182. The van der Waals surface area contributed by atoms with Crippen LogP contribution in [0.4, 0.5) is 10.3 Å². The average molecular weight is 466 g/mol. The first kappa shape index (κ1) is 21.0. The Balaban J connectivity index is 1.38. The van der Waals surface area contributed by atoms with E-state index in [4.69, 9.17) is 10.5 Å². The summed E-state index contributed by atoms with van der Waals surface area (Å²) in [5, 5.41) is 11.7. The lowest BCUT2D eigenvalue weighted by atomic mass is 10.1. The lowest BCUT2D eigenvalue weighted by Gasteiger charge is -2.26. The molecule has 1 aliphatic heterocycles. The van der Waals surface area contributed by atoms with E-state index in [0.717, 1.165) is 11.1 Å². The van der Waals surface area contributed by atoms with Gasteiger partial charge in [-0.15, -0.1) is 16.4 Å². The molecule has 1 aliphatic rings. The first-order chi connectivity index (χ1) is 16.0. The van der Waals surface area contributed by atoms with Crippen LogP contribution in [0, 0.1) is 5.82 Å². The molecule has 4 N–H and O–H groups in total. The third kappa shape index (κ3) is 4.41. The van der Waals surface area contributed by atoms with Crippen molar-refractivity contribution in [1.29, 1.82) is 0 Å². The number of benzene rings is 1. The summed E-state index contributed by atoms with van der Waals surface area (Å²) >= 11 is 1.28. The van der Waals surface area contributed by atoms with Crippen LogP contribution in [0.3, 0.4) is 0 Å². The highest BCUT2D eigenvalue weighted by atomic mass is 32.1. The molecule has 5 rings (SSSR count). The van der Waals surface area contributed by atoms with Gasteiger partial charge in [0.25, 0.3) is 11.8 Å². The highest BCUT2D eigenvalue weighted by molar-refractivity contribution is 7.12. The number of anilines is 1. The number of carbonyl (C=O) groups excluding carboxylic acids is 2. The van der Waals surface area contributed by atoms with Crippen LogP contribution in [0.1, 0.15) is 25.6 Å². The number of nitrogen functional groups attached to an aromatic ring is 1. The number of carbonyl (C=O) groups is 2. The number of amides is 2. The highest BCUT2D eigenvalue weighted by Gasteiger charge is 2.24. The van der Waals surface area contributed by atoms with E-state index in [-0.39, 0.29) is 36.2 Å². The summed E-state index contributed by atoms with van der Waals surface area (Å²) in [6.07, 6.45) is 1.71. The Morgan fingerprint density at radius 1 is 1.18 bits per heavy atom. The van der Waals surface area contributed by atoms with Gasteiger partial charge in [-0.05, 0) is 40.8 Å². The van der Waals surface area contributed by atoms with Crippen molar-refractivity contribution in [2.75, 3.05) is 18.9 Å². The summed E-state index contributed by atoms with van der Waals surface area (Å²) in [7, 11) is 0. The van der Waals surface area contributed by atoms with Gasteiger partial charge in [-0.3, -0.25) is 9.59 Å². The summed E-state index contributed by atoms with van der Waals surface area (Å²) in [5.41, 5.74) is 8.67. The second-order valence-electron chi connectivity index (χ2n) is 7.60. The predicted molar refractivity (Wildman–Crippen MR) is 120 cm³/mol. The van der Waals surface area contributed by atoms with Gasteiger partial charge in [0.1, 0.15) is 5.82 Å². The van der Waals surface area contributed by atoms with Crippen LogP contribution in [0.2, 0.25) is 0 Å². The topological polar surface area (TPSA) is 124 Å². The number of halogens is 1. The molecule has 11 heteroatoms. The largest absolute Gasteiger partial charge is 0.377 e. The average Bonchev–Trinajstić information content (AvgIpc) is 3.41. The molecule has 1 aromatic carbocycles. The van der Waals surface area contributed by atoms with Crippen LogP contribution >= 0.6 is 11.3 Å². The fourth-order valence-corrected chi connectivity index (χ4v) is 4.22. The van der Waals surface area contributed by atoms with Crippen molar-refractivity contribution < 1.29 is 18.7 Å². The SMILES string of the molecule is Nc1nc2c(C(=O)NC3COC3)cc(-c3csc(C(=O)NCc4ccc(F)cc4)c3)cn2n1. The minimum Gasteiger partial charge on any atom is -0.377 e. The molecule has 0 aliphatic carbocycles. The standard InChI is InChI=1S/C22H19FN6O3S/c23-15-3-1-12(2-4-15)7-25-21(31)18-6-14(11-33-18)13-5-17(20(30)26-16-9-32-10-16)19-27-22(24)28-29(19)8-13/h1-6,8,11,16H,7,9-10H2,(H2,24,28)(H,25,31)(H,26,30). The lowest BCUT2D eigenvalue weighted by Crippen LogP contribution is -2.48. The van der Waals surface area contributed by atoms with Gasteiger partial charge in [-0.2, -0.15) is 4.98 Å². The zero-order valence-corrected chi connectivity index (χ0v) is 18.1. The predicted octanol–water partition coefficient (Wildman–Crippen LogP) is 2.24. The Morgan fingerprint density at radius 2 is 1.97 bits per heavy atom. The van der Waals surface area contributed by atoms with Crippen molar-refractivity contribution in [3.63, 3.8) is 0 Å². The molecule has 0 radical (unpaired) electrons. The maximum Gasteiger partial charge on any atom is 0.261 e. The second kappa shape index (κ2) is 8.60. The first-order valence-corrected chi connectivity index (χ1v) is 11.0. The molecule has 9 nitrogen and oxygen atoms in total. The molecule has 0 unspecified atom stereocenters. The van der Waals surface area contributed by atoms with Gasteiger partial charge in [0.15, 0.2) is 5.65 Å². The van der Waals surface area contributed by atoms with Crippen molar-refractivity contribution in [2.24, 2.45) is 0 Å². The van der Waals surface area contributed by atoms with Gasteiger partial charge in [0.05, 0.1) is 29.7 Å². The number of nitrogens with two attached hydrogens (primary N) is 1. The van der Waals surface area contributed by atoms with Crippen LogP contribution in [-0.2, 0) is 11.3 Å². The minimum absolute atomic E-state index is 0.0426. The van der Waals surface area contributed by atoms with Crippen molar-refractivity contribution >= 4 is 34.7 Å². The van der Waals surface area contributed by atoms with Crippen molar-refractivity contribution in [1.82, 2.24) is 25.2 Å². The number of hydrogen-bond donors (Lipinski definition) is 3. The summed E-state index contributed by atoms with van der Waals surface area (Å²) in [5.74, 6) is -0.813. The smallest absolute Gasteiger partial charge is 0.261 e. The van der Waals surface area contributed by atoms with Crippen LogP contribution in [-0.4, -0.2) is 45.7 Å². The number of nitrogens with one attached hydrogen (secondary N) is 2. The lowest BCUT2D eigenvalue weighted by molar-refractivity contribution is -0.00344. The number of rotatable bonds is 6. The second-order valence-corrected chi connectivity index (χ2v) is 8.51. The Morgan fingerprint density at radius 3 is 2.70 bits per heavy atom. The Kier molecular flexibility index (Phi) is 5.48. The number of ether oxygens (including phenoxy) is 1. The summed E-state index contributed by atoms with van der Waals surface area (Å²) < 4.78 is 19.6. The Hall–Kier alpha value is -3.83. The number of thiophene rings is 1. The van der Waals surface area contributed by atoms with E-state index in [1.807, 2.05) is 5.38 Å². The molecule has 33 heavy (non-hydrogen) atoms. The molecule has 0 bridgehead atoms. The van der Waals surface area contributed by atoms with Crippen LogP contribution in [0.25, 0.3) is 16.8 Å². The summed E-state index contributed by atoms with van der Waals surface area (Å²) in [4.78, 5) is 30.1. The quantitative estimate of drug-likeness (QED) is 0.400. The normalized spacial score (nSPS) is 13.6. The molecule has 4 heterocycles. The van der Waals surface area contributed by atoms with Crippen LogP contribution in [0.15, 0.2) is 48.0 Å². The molecule has 0 spiro atoms. The minimum atomic E-state index is -0.326. The third-order valence-electron chi connectivity index (χ3n) is 5.19. The maximum absolute atomic E-state index is 13.0. The van der Waals surface area contributed by atoms with E-state index in [9.17, 15) is 14.0 Å². The molecular weight excluding hydrogens is 447 g/mol. The van der Waals surface area contributed by atoms with Crippen molar-refractivity contribution in [2.45, 2.75) is 12.6 Å². The third-order valence-corrected chi connectivity index (χ3v) is 6.12. The van der Waals surface area contributed by atoms with Crippen LogP contribution < -0.4 is 16.4 Å². The van der Waals surface area contributed by atoms with Gasteiger partial charge in [-0.25, -0.2) is 8.91 Å². The van der Waals surface area contributed by atoms with E-state index in [1.165, 1.54) is 28.0 Å². The van der Waals surface area contributed by atoms with E-state index >= 15 is 0 Å². The van der Waals surface area contributed by atoms with Gasteiger partial charge >= 0.3 is 0 Å².